The van der Waals surface area contributed by atoms with Crippen molar-refractivity contribution in [1.82, 2.24) is 0 Å². The van der Waals surface area contributed by atoms with Crippen molar-refractivity contribution in [3.05, 3.63) is 35.3 Å². The number of carbonyl (C=O) groups is 1. The summed E-state index contributed by atoms with van der Waals surface area (Å²) in [6, 6.07) is 1.70. The molecule has 3 aliphatic heterocycles. The number of Topliss-reactive ketones (excluding diaryl/α,β-unsaturated/α-hetero) is 1. The van der Waals surface area contributed by atoms with E-state index in [1.807, 2.05) is 13.8 Å². The number of allylic oxidation sites excluding steroid dienone is 1. The molecule has 5 fully saturated rings. The van der Waals surface area contributed by atoms with Crippen molar-refractivity contribution in [3.8, 4) is 0 Å². The molecule has 0 bridgehead atoms. The molecular formula is C41H62O14. The summed E-state index contributed by atoms with van der Waals surface area (Å²) in [5, 5.41) is 33.6. The highest BCUT2D eigenvalue weighted by molar-refractivity contribution is 5.92. The van der Waals surface area contributed by atoms with Gasteiger partial charge >= 0.3 is 0 Å². The molecule has 1 aromatic rings. The predicted octanol–water partition coefficient (Wildman–Crippen LogP) is 3.83. The minimum absolute atomic E-state index is 0.00964. The lowest BCUT2D eigenvalue weighted by atomic mass is 9.51. The molecular weight excluding hydrogens is 716 g/mol. The highest BCUT2D eigenvalue weighted by atomic mass is 16.7. The molecule has 14 heteroatoms. The van der Waals surface area contributed by atoms with Crippen molar-refractivity contribution >= 4 is 5.78 Å². The smallest absolute Gasteiger partial charge is 0.172 e. The summed E-state index contributed by atoms with van der Waals surface area (Å²) in [7, 11) is 4.84. The zero-order chi connectivity index (χ0) is 39.4. The number of aliphatic hydroxyl groups excluding tert-OH is 2. The van der Waals surface area contributed by atoms with E-state index in [9.17, 15) is 20.1 Å². The number of hydrogen-bond acceptors (Lipinski definition) is 14. The van der Waals surface area contributed by atoms with Crippen LogP contribution >= 0.6 is 0 Å². The average molecular weight is 779 g/mol. The molecule has 0 spiro atoms. The molecule has 3 saturated heterocycles. The van der Waals surface area contributed by atoms with Gasteiger partial charge in [0.05, 0.1) is 55.1 Å². The van der Waals surface area contributed by atoms with E-state index in [0.29, 0.717) is 62.7 Å². The van der Waals surface area contributed by atoms with E-state index in [1.165, 1.54) is 11.8 Å². The fraction of sp³-hybridized carbons (Fsp3) is 0.829. The van der Waals surface area contributed by atoms with Crippen LogP contribution in [-0.2, 0) is 53.0 Å². The van der Waals surface area contributed by atoms with Crippen molar-refractivity contribution in [1.29, 1.82) is 0 Å². The van der Waals surface area contributed by atoms with Gasteiger partial charge in [-0.2, -0.15) is 0 Å². The third-order valence-corrected chi connectivity index (χ3v) is 13.8. The number of hydrogen-bond donors (Lipinski definition) is 3. The summed E-state index contributed by atoms with van der Waals surface area (Å²) in [5.74, 6) is 0.0782. The summed E-state index contributed by atoms with van der Waals surface area (Å²) >= 11 is 0. The molecule has 1 unspecified atom stereocenters. The summed E-state index contributed by atoms with van der Waals surface area (Å²) in [4.78, 5) is 13.9. The number of carbonyl (C=O) groups excluding carboxylic acids is 1. The van der Waals surface area contributed by atoms with E-state index in [0.717, 1.165) is 0 Å². The number of aliphatic hydroxyl groups is 3. The van der Waals surface area contributed by atoms with Gasteiger partial charge in [-0.25, -0.2) is 0 Å². The average Bonchev–Trinajstić information content (AvgIpc) is 3.59. The molecule has 0 aromatic carbocycles. The highest BCUT2D eigenvalue weighted by Crippen LogP contribution is 2.58. The first kappa shape index (κ1) is 41.4. The quantitative estimate of drug-likeness (QED) is 0.293. The fourth-order valence-electron chi connectivity index (χ4n) is 10.6. The van der Waals surface area contributed by atoms with Crippen LogP contribution in [0.2, 0.25) is 0 Å². The highest BCUT2D eigenvalue weighted by Gasteiger charge is 2.58. The van der Waals surface area contributed by atoms with E-state index >= 15 is 0 Å². The lowest BCUT2D eigenvalue weighted by Gasteiger charge is -2.55. The number of fused-ring (bicyclic) bond motifs is 3. The topological polar surface area (TPSA) is 174 Å². The second-order valence-electron chi connectivity index (χ2n) is 16.9. The summed E-state index contributed by atoms with van der Waals surface area (Å²) < 4.78 is 60.8. The molecule has 3 aliphatic carbocycles. The van der Waals surface area contributed by atoms with Gasteiger partial charge < -0.3 is 62.4 Å². The molecule has 0 amide bonds. The van der Waals surface area contributed by atoms with Crippen LogP contribution in [0.5, 0.6) is 0 Å². The zero-order valence-electron chi connectivity index (χ0n) is 33.5. The van der Waals surface area contributed by atoms with Crippen LogP contribution in [-0.4, -0.2) is 128 Å². The Morgan fingerprint density at radius 3 is 1.93 bits per heavy atom. The molecule has 18 atom stereocenters. The van der Waals surface area contributed by atoms with Crippen LogP contribution in [0.3, 0.4) is 0 Å². The van der Waals surface area contributed by atoms with Crippen LogP contribution in [0, 0.1) is 24.2 Å². The predicted molar refractivity (Wildman–Crippen MR) is 194 cm³/mol. The number of aryl methyl sites for hydroxylation is 1. The van der Waals surface area contributed by atoms with Crippen molar-refractivity contribution in [2.75, 3.05) is 21.3 Å². The van der Waals surface area contributed by atoms with Gasteiger partial charge in [0.15, 0.2) is 30.3 Å². The lowest BCUT2D eigenvalue weighted by molar-refractivity contribution is -0.339. The minimum atomic E-state index is -1.55. The SMILES string of the molecule is CO[C@H]1C[C@H](O[C@@H]2[C@H](C)O[C@@H](O[C@H]3[C@@H](OC)C[C@H](OC4CC5=CC[C@H]6C(=O)[C@@](O)(c7ccoc7C)CC[C@@H]6[C@@]5(C)C[C@H]4O)O[C@@H]3C)C[C@@H]2OC)O[C@H](C)[C@H]1O. The molecule has 310 valence electrons. The minimum Gasteiger partial charge on any atom is -0.469 e. The standard InChI is InChI=1S/C41H62O14/c1-20-26(12-14-49-20)41(45)13-11-27-25(39(41)44)10-9-24-15-29(28(42)19-40(24,27)5)53-33-17-31(47-7)37(22(3)51-33)55-35-18-32(48-8)38(23(4)52-35)54-34-16-30(46-6)36(43)21(2)50-34/h9,12,14,21-23,25,27-38,42-43,45H,10-11,13,15-19H2,1-8H3/t21-,22-,23+,25-,27+,28-,29?,30+,31+,32+,33+,34+,35+,36-,37-,38-,40+,41+/m1/s1. The van der Waals surface area contributed by atoms with Gasteiger partial charge in [0, 0.05) is 52.1 Å². The molecule has 2 saturated carbocycles. The molecule has 0 radical (unpaired) electrons. The Morgan fingerprint density at radius 2 is 1.36 bits per heavy atom. The first-order valence-corrected chi connectivity index (χ1v) is 20.1. The Labute approximate surface area is 324 Å². The lowest BCUT2D eigenvalue weighted by Crippen LogP contribution is -2.58. The molecule has 14 nitrogen and oxygen atoms in total. The van der Waals surface area contributed by atoms with E-state index in [-0.39, 0.29) is 29.8 Å². The molecule has 7 rings (SSSR count). The third-order valence-electron chi connectivity index (χ3n) is 13.8. The first-order valence-electron chi connectivity index (χ1n) is 20.1. The van der Waals surface area contributed by atoms with Gasteiger partial charge in [-0.1, -0.05) is 18.6 Å². The van der Waals surface area contributed by atoms with Gasteiger partial charge in [-0.05, 0) is 77.2 Å². The Bertz CT molecular complexity index is 1510. The number of methoxy groups -OCH3 is 3. The fourth-order valence-corrected chi connectivity index (χ4v) is 10.6. The Kier molecular flexibility index (Phi) is 12.4. The van der Waals surface area contributed by atoms with Crippen LogP contribution in [0.4, 0.5) is 0 Å². The Hall–Kier alpha value is -1.79. The van der Waals surface area contributed by atoms with Gasteiger partial charge in [-0.3, -0.25) is 4.79 Å². The van der Waals surface area contributed by atoms with E-state index in [1.54, 1.807) is 41.2 Å². The van der Waals surface area contributed by atoms with Crippen molar-refractivity contribution in [2.45, 2.75) is 178 Å². The van der Waals surface area contributed by atoms with Crippen LogP contribution < -0.4 is 0 Å². The third kappa shape index (κ3) is 7.76. The van der Waals surface area contributed by atoms with E-state index in [4.69, 9.17) is 47.0 Å². The van der Waals surface area contributed by atoms with Crippen LogP contribution in [0.15, 0.2) is 28.4 Å². The monoisotopic (exact) mass is 778 g/mol. The summed E-state index contributed by atoms with van der Waals surface area (Å²) in [6.45, 7) is 9.56. The normalized spacial score (nSPS) is 47.8. The molecule has 55 heavy (non-hydrogen) atoms. The number of ether oxygens (including phenoxy) is 9. The Morgan fingerprint density at radius 1 is 0.800 bits per heavy atom. The zero-order valence-corrected chi connectivity index (χ0v) is 33.5. The van der Waals surface area contributed by atoms with E-state index < -0.39 is 84.8 Å². The van der Waals surface area contributed by atoms with Gasteiger partial charge in [0.2, 0.25) is 0 Å². The van der Waals surface area contributed by atoms with Crippen molar-refractivity contribution in [3.63, 3.8) is 0 Å². The summed E-state index contributed by atoms with van der Waals surface area (Å²) in [5.41, 5.74) is -0.202. The number of ketones is 1. The van der Waals surface area contributed by atoms with Gasteiger partial charge in [0.25, 0.3) is 0 Å². The maximum absolute atomic E-state index is 13.9. The molecule has 3 N–H and O–H groups in total. The number of furan rings is 1. The molecule has 6 aliphatic rings. The Balaban J connectivity index is 0.949. The maximum atomic E-state index is 13.9. The van der Waals surface area contributed by atoms with Crippen molar-refractivity contribution in [2.24, 2.45) is 17.3 Å². The second kappa shape index (κ2) is 16.5. The maximum Gasteiger partial charge on any atom is 0.172 e. The first-order chi connectivity index (χ1) is 26.2. The van der Waals surface area contributed by atoms with Gasteiger partial charge in [0.1, 0.15) is 24.1 Å². The second-order valence-corrected chi connectivity index (χ2v) is 16.9. The van der Waals surface area contributed by atoms with Crippen LogP contribution in [0.25, 0.3) is 0 Å². The molecule has 1 aromatic heterocycles. The van der Waals surface area contributed by atoms with Crippen LogP contribution in [0.1, 0.15) is 90.4 Å². The van der Waals surface area contributed by atoms with Crippen molar-refractivity contribution < 1.29 is 67.2 Å². The number of rotatable bonds is 10. The largest absolute Gasteiger partial charge is 0.469 e. The van der Waals surface area contributed by atoms with Gasteiger partial charge in [-0.15, -0.1) is 0 Å². The molecule has 4 heterocycles. The van der Waals surface area contributed by atoms with E-state index in [2.05, 4.69) is 13.0 Å². The summed E-state index contributed by atoms with van der Waals surface area (Å²) in [6.07, 6.45) is 0.230.